The van der Waals surface area contributed by atoms with E-state index in [-0.39, 0.29) is 6.04 Å². The minimum Gasteiger partial charge on any atom is -0.271 e. The van der Waals surface area contributed by atoms with Crippen LogP contribution in [0.2, 0.25) is 5.02 Å². The third-order valence-electron chi connectivity index (χ3n) is 1.56. The van der Waals surface area contributed by atoms with Crippen LogP contribution in [0.1, 0.15) is 13.8 Å². The Hall–Kier alpha value is -0.300. The second kappa shape index (κ2) is 5.35. The molecule has 16 heavy (non-hydrogen) atoms. The Morgan fingerprint density at radius 1 is 1.38 bits per heavy atom. The van der Waals surface area contributed by atoms with E-state index < -0.39 is 10.2 Å². The first-order valence-corrected chi connectivity index (χ1v) is 7.21. The van der Waals surface area contributed by atoms with Gasteiger partial charge >= 0.3 is 0 Å². The van der Waals surface area contributed by atoms with Crippen LogP contribution in [0.3, 0.4) is 0 Å². The van der Waals surface area contributed by atoms with Crippen molar-refractivity contribution in [2.24, 2.45) is 0 Å². The summed E-state index contributed by atoms with van der Waals surface area (Å²) < 4.78 is 28.5. The van der Waals surface area contributed by atoms with Gasteiger partial charge in [-0.1, -0.05) is 11.6 Å². The maximum atomic E-state index is 11.5. The summed E-state index contributed by atoms with van der Waals surface area (Å²) >= 11 is 9.01. The maximum Gasteiger partial charge on any atom is 0.299 e. The number of anilines is 1. The van der Waals surface area contributed by atoms with Gasteiger partial charge in [0.25, 0.3) is 10.2 Å². The fourth-order valence-corrected chi connectivity index (χ4v) is 2.67. The molecular formula is C9H12BrClN2O2S. The Morgan fingerprint density at radius 3 is 2.50 bits per heavy atom. The SMILES string of the molecule is CC(C)NS(=O)(=O)Nc1ccc(Cl)c(Br)c1. The summed E-state index contributed by atoms with van der Waals surface area (Å²) in [6.45, 7) is 3.49. The van der Waals surface area contributed by atoms with Gasteiger partial charge < -0.3 is 0 Å². The summed E-state index contributed by atoms with van der Waals surface area (Å²) in [4.78, 5) is 0. The Kier molecular flexibility index (Phi) is 4.61. The molecule has 0 radical (unpaired) electrons. The molecule has 0 spiro atoms. The van der Waals surface area contributed by atoms with Crippen molar-refractivity contribution in [3.8, 4) is 0 Å². The van der Waals surface area contributed by atoms with Gasteiger partial charge in [-0.2, -0.15) is 13.1 Å². The van der Waals surface area contributed by atoms with Gasteiger partial charge in [-0.05, 0) is 48.0 Å². The van der Waals surface area contributed by atoms with Gasteiger partial charge in [0.05, 0.1) is 10.7 Å². The average Bonchev–Trinajstić information content (AvgIpc) is 2.08. The molecule has 0 fully saturated rings. The third kappa shape index (κ3) is 4.29. The lowest BCUT2D eigenvalue weighted by Gasteiger charge is -2.11. The highest BCUT2D eigenvalue weighted by atomic mass is 79.9. The third-order valence-corrected chi connectivity index (χ3v) is 4.06. The van der Waals surface area contributed by atoms with Crippen molar-refractivity contribution in [2.75, 3.05) is 4.72 Å². The fourth-order valence-electron chi connectivity index (χ4n) is 1.05. The van der Waals surface area contributed by atoms with Gasteiger partial charge in [-0.15, -0.1) is 0 Å². The smallest absolute Gasteiger partial charge is 0.271 e. The predicted molar refractivity (Wildman–Crippen MR) is 70.0 cm³/mol. The first kappa shape index (κ1) is 13.8. The van der Waals surface area contributed by atoms with Crippen LogP contribution in [-0.2, 0) is 10.2 Å². The second-order valence-electron chi connectivity index (χ2n) is 3.51. The highest BCUT2D eigenvalue weighted by Crippen LogP contribution is 2.25. The summed E-state index contributed by atoms with van der Waals surface area (Å²) in [6, 6.07) is 4.64. The molecular weight excluding hydrogens is 316 g/mol. The van der Waals surface area contributed by atoms with Crippen LogP contribution >= 0.6 is 27.5 Å². The lowest BCUT2D eigenvalue weighted by atomic mass is 10.3. The Bertz CT molecular complexity index is 476. The molecule has 90 valence electrons. The molecule has 1 aromatic rings. The average molecular weight is 328 g/mol. The molecule has 0 saturated carbocycles. The minimum absolute atomic E-state index is 0.159. The van der Waals surface area contributed by atoms with E-state index in [1.54, 1.807) is 32.0 Å². The number of halogens is 2. The van der Waals surface area contributed by atoms with E-state index in [1.165, 1.54) is 0 Å². The standard InChI is InChI=1S/C9H12BrClN2O2S/c1-6(2)12-16(14,15)13-7-3-4-9(11)8(10)5-7/h3-6,12-13H,1-2H3. The number of hydrogen-bond acceptors (Lipinski definition) is 2. The van der Waals surface area contributed by atoms with Crippen LogP contribution in [0.15, 0.2) is 22.7 Å². The van der Waals surface area contributed by atoms with E-state index >= 15 is 0 Å². The van der Waals surface area contributed by atoms with Crippen LogP contribution in [0, 0.1) is 0 Å². The molecule has 0 aliphatic rings. The summed E-state index contributed by atoms with van der Waals surface area (Å²) in [6.07, 6.45) is 0. The first-order chi connectivity index (χ1) is 7.30. The van der Waals surface area contributed by atoms with Gasteiger partial charge in [0.15, 0.2) is 0 Å². The highest BCUT2D eigenvalue weighted by molar-refractivity contribution is 9.10. The van der Waals surface area contributed by atoms with E-state index in [4.69, 9.17) is 11.6 Å². The summed E-state index contributed by atoms with van der Waals surface area (Å²) in [7, 11) is -3.53. The molecule has 0 atom stereocenters. The quantitative estimate of drug-likeness (QED) is 0.893. The molecule has 0 aromatic heterocycles. The van der Waals surface area contributed by atoms with Gasteiger partial charge in [0.2, 0.25) is 0 Å². The van der Waals surface area contributed by atoms with Gasteiger partial charge in [0.1, 0.15) is 0 Å². The topological polar surface area (TPSA) is 58.2 Å². The lowest BCUT2D eigenvalue weighted by Crippen LogP contribution is -2.35. The zero-order chi connectivity index (χ0) is 12.3. The number of benzene rings is 1. The maximum absolute atomic E-state index is 11.5. The second-order valence-corrected chi connectivity index (χ2v) is 6.22. The highest BCUT2D eigenvalue weighted by Gasteiger charge is 2.11. The van der Waals surface area contributed by atoms with Gasteiger partial charge in [-0.25, -0.2) is 0 Å². The predicted octanol–water partition coefficient (Wildman–Crippen LogP) is 2.76. The molecule has 0 unspecified atom stereocenters. The van der Waals surface area contributed by atoms with E-state index in [0.717, 1.165) is 0 Å². The van der Waals surface area contributed by atoms with Crippen molar-refractivity contribution < 1.29 is 8.42 Å². The largest absolute Gasteiger partial charge is 0.299 e. The Morgan fingerprint density at radius 2 is 2.00 bits per heavy atom. The summed E-state index contributed by atoms with van der Waals surface area (Å²) in [5, 5.41) is 0.528. The van der Waals surface area contributed by atoms with Crippen LogP contribution in [0.4, 0.5) is 5.69 Å². The van der Waals surface area contributed by atoms with Crippen LogP contribution in [0.5, 0.6) is 0 Å². The van der Waals surface area contributed by atoms with Crippen molar-refractivity contribution in [1.82, 2.24) is 4.72 Å². The van der Waals surface area contributed by atoms with Crippen LogP contribution in [0.25, 0.3) is 0 Å². The fraction of sp³-hybridized carbons (Fsp3) is 0.333. The Labute approximate surface area is 109 Å². The molecule has 4 nitrogen and oxygen atoms in total. The Balaban J connectivity index is 2.84. The van der Waals surface area contributed by atoms with Crippen molar-refractivity contribution in [3.63, 3.8) is 0 Å². The van der Waals surface area contributed by atoms with Crippen molar-refractivity contribution in [2.45, 2.75) is 19.9 Å². The molecule has 1 rings (SSSR count). The zero-order valence-corrected chi connectivity index (χ0v) is 11.9. The van der Waals surface area contributed by atoms with Gasteiger partial charge in [-0.3, -0.25) is 4.72 Å². The van der Waals surface area contributed by atoms with Crippen molar-refractivity contribution in [1.29, 1.82) is 0 Å². The molecule has 0 aliphatic carbocycles. The molecule has 0 aliphatic heterocycles. The van der Waals surface area contributed by atoms with Crippen LogP contribution in [-0.4, -0.2) is 14.5 Å². The molecule has 0 saturated heterocycles. The van der Waals surface area contributed by atoms with E-state index in [9.17, 15) is 8.42 Å². The summed E-state index contributed by atoms with van der Waals surface area (Å²) in [5.41, 5.74) is 0.449. The monoisotopic (exact) mass is 326 g/mol. The van der Waals surface area contributed by atoms with Crippen molar-refractivity contribution in [3.05, 3.63) is 27.7 Å². The molecule has 0 bridgehead atoms. The molecule has 7 heteroatoms. The number of hydrogen-bond donors (Lipinski definition) is 2. The molecule has 2 N–H and O–H groups in total. The van der Waals surface area contributed by atoms with E-state index in [1.807, 2.05) is 0 Å². The van der Waals surface area contributed by atoms with Gasteiger partial charge in [0, 0.05) is 10.5 Å². The lowest BCUT2D eigenvalue weighted by molar-refractivity contribution is 0.575. The minimum atomic E-state index is -3.53. The van der Waals surface area contributed by atoms with Crippen molar-refractivity contribution >= 4 is 43.4 Å². The normalized spacial score (nSPS) is 11.8. The van der Waals surface area contributed by atoms with Crippen LogP contribution < -0.4 is 9.44 Å². The first-order valence-electron chi connectivity index (χ1n) is 4.55. The zero-order valence-electron chi connectivity index (χ0n) is 8.79. The number of nitrogens with one attached hydrogen (secondary N) is 2. The van der Waals surface area contributed by atoms with E-state index in [2.05, 4.69) is 25.4 Å². The molecule has 0 amide bonds. The number of rotatable bonds is 4. The molecule has 0 heterocycles. The van der Waals surface area contributed by atoms with E-state index in [0.29, 0.717) is 15.2 Å². The molecule has 1 aromatic carbocycles. The summed E-state index contributed by atoms with van der Waals surface area (Å²) in [5.74, 6) is 0.